The molecule has 1 N–H and O–H groups in total. The molecule has 0 radical (unpaired) electrons. The highest BCUT2D eigenvalue weighted by molar-refractivity contribution is 5.55. The quantitative estimate of drug-likeness (QED) is 0.257. The second kappa shape index (κ2) is 5.04. The molecule has 0 amide bonds. The van der Waals surface area contributed by atoms with Gasteiger partial charge in [0, 0.05) is 6.42 Å². The zero-order valence-electron chi connectivity index (χ0n) is 4.57. The van der Waals surface area contributed by atoms with Gasteiger partial charge in [0.1, 0.15) is 12.9 Å². The third kappa shape index (κ3) is 6.90. The largest absolute Gasteiger partial charge is 0.537 e. The van der Waals surface area contributed by atoms with Gasteiger partial charge in [0.25, 0.3) is 0 Å². The minimum absolute atomic E-state index is 0.0319. The standard InChI is InChI=1S/C4H6O5/c5-2-1-3-8-9-4(6)7/h2H,1,3H2,(H,6,7). The minimum Gasteiger partial charge on any atom is -0.448 e. The van der Waals surface area contributed by atoms with Crippen LogP contribution in [0.1, 0.15) is 6.42 Å². The van der Waals surface area contributed by atoms with Crippen molar-refractivity contribution in [2.24, 2.45) is 0 Å². The predicted molar refractivity (Wildman–Crippen MR) is 25.7 cm³/mol. The fraction of sp³-hybridized carbons (Fsp3) is 0.500. The molecule has 0 aromatic heterocycles. The zero-order chi connectivity index (χ0) is 7.11. The molecule has 0 aromatic rings. The molecule has 0 atom stereocenters. The van der Waals surface area contributed by atoms with Crippen LogP contribution in [0.4, 0.5) is 4.79 Å². The number of carbonyl (C=O) groups excluding carboxylic acids is 1. The van der Waals surface area contributed by atoms with E-state index < -0.39 is 6.16 Å². The molecule has 0 fully saturated rings. The molecule has 0 aromatic carbocycles. The Bertz CT molecular complexity index is 99.1. The van der Waals surface area contributed by atoms with Crippen molar-refractivity contribution in [2.45, 2.75) is 6.42 Å². The lowest BCUT2D eigenvalue weighted by Crippen LogP contribution is -2.02. The molecule has 0 unspecified atom stereocenters. The molecule has 0 saturated carbocycles. The Hall–Kier alpha value is -1.10. The van der Waals surface area contributed by atoms with Crippen LogP contribution < -0.4 is 0 Å². The van der Waals surface area contributed by atoms with Crippen LogP contribution >= 0.6 is 0 Å². The van der Waals surface area contributed by atoms with Crippen LogP contribution in [0.5, 0.6) is 0 Å². The third-order valence-corrected chi connectivity index (χ3v) is 0.449. The first-order valence-electron chi connectivity index (χ1n) is 2.23. The first kappa shape index (κ1) is 7.90. The van der Waals surface area contributed by atoms with E-state index in [4.69, 9.17) is 5.11 Å². The molecule has 0 aliphatic carbocycles. The molecule has 5 heteroatoms. The predicted octanol–water partition coefficient (Wildman–Crippen LogP) is 0.202. The highest BCUT2D eigenvalue weighted by Gasteiger charge is 1.94. The lowest BCUT2D eigenvalue weighted by molar-refractivity contribution is -0.250. The van der Waals surface area contributed by atoms with E-state index in [2.05, 4.69) is 9.78 Å². The van der Waals surface area contributed by atoms with E-state index in [0.717, 1.165) is 0 Å². The second-order valence-corrected chi connectivity index (χ2v) is 1.13. The third-order valence-electron chi connectivity index (χ3n) is 0.449. The highest BCUT2D eigenvalue weighted by atomic mass is 17.2. The van der Waals surface area contributed by atoms with E-state index in [9.17, 15) is 9.59 Å². The van der Waals surface area contributed by atoms with E-state index in [1.165, 1.54) is 0 Å². The summed E-state index contributed by atoms with van der Waals surface area (Å²) in [7, 11) is 0. The first-order chi connectivity index (χ1) is 4.27. The molecule has 5 nitrogen and oxygen atoms in total. The molecular formula is C4H6O5. The summed E-state index contributed by atoms with van der Waals surface area (Å²) in [6.45, 7) is -0.0319. The van der Waals surface area contributed by atoms with Crippen molar-refractivity contribution in [1.29, 1.82) is 0 Å². The topological polar surface area (TPSA) is 72.8 Å². The van der Waals surface area contributed by atoms with Crippen LogP contribution in [0.15, 0.2) is 0 Å². The van der Waals surface area contributed by atoms with Crippen molar-refractivity contribution in [3.8, 4) is 0 Å². The summed E-state index contributed by atoms with van der Waals surface area (Å²) in [5.41, 5.74) is 0. The Morgan fingerprint density at radius 2 is 2.33 bits per heavy atom. The summed E-state index contributed by atoms with van der Waals surface area (Å²) in [6, 6.07) is 0. The van der Waals surface area contributed by atoms with Crippen molar-refractivity contribution in [1.82, 2.24) is 0 Å². The maximum Gasteiger partial charge on any atom is 0.537 e. The zero-order valence-corrected chi connectivity index (χ0v) is 4.57. The number of carboxylic acid groups (broad SMARTS) is 1. The number of aldehydes is 1. The Morgan fingerprint density at radius 3 is 2.78 bits per heavy atom. The molecule has 52 valence electrons. The average molecular weight is 134 g/mol. The van der Waals surface area contributed by atoms with Crippen molar-refractivity contribution in [3.63, 3.8) is 0 Å². The molecule has 0 heterocycles. The van der Waals surface area contributed by atoms with Crippen LogP contribution in [0.2, 0.25) is 0 Å². The average Bonchev–Trinajstić information content (AvgIpc) is 1.80. The van der Waals surface area contributed by atoms with Gasteiger partial charge in [0.05, 0.1) is 0 Å². The van der Waals surface area contributed by atoms with Crippen LogP contribution in [0, 0.1) is 0 Å². The summed E-state index contributed by atoms with van der Waals surface area (Å²) in [5.74, 6) is 0. The van der Waals surface area contributed by atoms with Crippen LogP contribution in [0.25, 0.3) is 0 Å². The van der Waals surface area contributed by atoms with Crippen molar-refractivity contribution in [2.75, 3.05) is 6.61 Å². The van der Waals surface area contributed by atoms with Gasteiger partial charge in [-0.1, -0.05) is 0 Å². The van der Waals surface area contributed by atoms with Gasteiger partial charge in [0.15, 0.2) is 0 Å². The second-order valence-electron chi connectivity index (χ2n) is 1.13. The summed E-state index contributed by atoms with van der Waals surface area (Å²) >= 11 is 0. The van der Waals surface area contributed by atoms with Gasteiger partial charge in [0.2, 0.25) is 0 Å². The lowest BCUT2D eigenvalue weighted by Gasteiger charge is -1.93. The summed E-state index contributed by atoms with van der Waals surface area (Å²) in [6.07, 6.45) is -0.778. The highest BCUT2D eigenvalue weighted by Crippen LogP contribution is 1.80. The van der Waals surface area contributed by atoms with Gasteiger partial charge in [-0.3, -0.25) is 4.89 Å². The maximum atomic E-state index is 9.57. The molecule has 0 rings (SSSR count). The number of hydrogen-bond acceptors (Lipinski definition) is 4. The summed E-state index contributed by atoms with van der Waals surface area (Å²) < 4.78 is 0. The van der Waals surface area contributed by atoms with Gasteiger partial charge in [-0.05, 0) is 0 Å². The number of carbonyl (C=O) groups is 2. The molecule has 0 spiro atoms. The maximum absolute atomic E-state index is 9.57. The summed E-state index contributed by atoms with van der Waals surface area (Å²) in [4.78, 5) is 26.7. The van der Waals surface area contributed by atoms with E-state index >= 15 is 0 Å². The van der Waals surface area contributed by atoms with E-state index in [0.29, 0.717) is 6.29 Å². The van der Waals surface area contributed by atoms with E-state index in [-0.39, 0.29) is 13.0 Å². The lowest BCUT2D eigenvalue weighted by atomic mass is 10.5. The molecular weight excluding hydrogens is 128 g/mol. The van der Waals surface area contributed by atoms with Gasteiger partial charge < -0.3 is 9.90 Å². The number of rotatable bonds is 4. The molecule has 0 bridgehead atoms. The van der Waals surface area contributed by atoms with Gasteiger partial charge >= 0.3 is 6.16 Å². The fourth-order valence-corrected chi connectivity index (χ4v) is 0.188. The molecule has 0 saturated heterocycles. The Morgan fingerprint density at radius 1 is 1.67 bits per heavy atom. The molecule has 0 aliphatic heterocycles. The Kier molecular flexibility index (Phi) is 4.43. The van der Waals surface area contributed by atoms with Gasteiger partial charge in [-0.25, -0.2) is 4.79 Å². The Balaban J connectivity index is 2.91. The van der Waals surface area contributed by atoms with Crippen LogP contribution in [0.3, 0.4) is 0 Å². The summed E-state index contributed by atoms with van der Waals surface area (Å²) in [5, 5.41) is 7.78. The SMILES string of the molecule is O=CCCOOC(=O)O. The molecule has 0 aliphatic rings. The molecule has 9 heavy (non-hydrogen) atoms. The van der Waals surface area contributed by atoms with Crippen molar-refractivity contribution in [3.05, 3.63) is 0 Å². The Labute approximate surface area is 51.1 Å². The minimum atomic E-state index is -1.51. The monoisotopic (exact) mass is 134 g/mol. The first-order valence-corrected chi connectivity index (χ1v) is 2.23. The fourth-order valence-electron chi connectivity index (χ4n) is 0.188. The number of hydrogen-bond donors (Lipinski definition) is 1. The van der Waals surface area contributed by atoms with Gasteiger partial charge in [-0.15, -0.1) is 0 Å². The van der Waals surface area contributed by atoms with Gasteiger partial charge in [-0.2, -0.15) is 4.89 Å². The van der Waals surface area contributed by atoms with Crippen molar-refractivity contribution < 1.29 is 24.5 Å². The van der Waals surface area contributed by atoms with Crippen LogP contribution in [-0.2, 0) is 14.6 Å². The van der Waals surface area contributed by atoms with Crippen LogP contribution in [-0.4, -0.2) is 24.2 Å². The van der Waals surface area contributed by atoms with E-state index in [1.807, 2.05) is 0 Å². The smallest absolute Gasteiger partial charge is 0.448 e. The van der Waals surface area contributed by atoms with Crippen molar-refractivity contribution >= 4 is 12.4 Å². The van der Waals surface area contributed by atoms with E-state index in [1.54, 1.807) is 0 Å². The normalized spacial score (nSPS) is 8.44.